The van der Waals surface area contributed by atoms with Crippen molar-refractivity contribution in [2.75, 3.05) is 13.6 Å². The van der Waals surface area contributed by atoms with Crippen molar-refractivity contribution in [1.82, 2.24) is 10.2 Å². The maximum Gasteiger partial charge on any atom is 0.323 e. The number of aliphatic hydroxyl groups excluding tert-OH is 1. The topological polar surface area (TPSA) is 89.9 Å². The van der Waals surface area contributed by atoms with E-state index in [1.165, 1.54) is 7.05 Å². The lowest BCUT2D eigenvalue weighted by molar-refractivity contribution is -0.137. The van der Waals surface area contributed by atoms with Gasteiger partial charge in [0.2, 0.25) is 0 Å². The van der Waals surface area contributed by atoms with Crippen LogP contribution in [-0.2, 0) is 4.79 Å². The maximum absolute atomic E-state index is 11.6. The summed E-state index contributed by atoms with van der Waals surface area (Å²) >= 11 is 0. The van der Waals surface area contributed by atoms with Crippen LogP contribution < -0.4 is 5.32 Å². The third kappa shape index (κ3) is 4.60. The molecular weight excluding hydrogens is 224 g/mol. The fourth-order valence-corrected chi connectivity index (χ4v) is 2.00. The van der Waals surface area contributed by atoms with Crippen LogP contribution in [0, 0.1) is 0 Å². The highest BCUT2D eigenvalue weighted by molar-refractivity contribution is 5.80. The van der Waals surface area contributed by atoms with Gasteiger partial charge in [0.05, 0.1) is 12.1 Å². The summed E-state index contributed by atoms with van der Waals surface area (Å²) in [6.07, 6.45) is 3.92. The second-order valence-corrected chi connectivity index (χ2v) is 4.51. The third-order valence-corrected chi connectivity index (χ3v) is 3.01. The minimum absolute atomic E-state index is 0.263. The first-order valence-corrected chi connectivity index (χ1v) is 5.92. The predicted octanol–water partition coefficient (Wildman–Crippen LogP) is 0.406. The molecule has 0 aliphatic heterocycles. The summed E-state index contributed by atoms with van der Waals surface area (Å²) in [6, 6.07) is -0.709. The number of amides is 2. The van der Waals surface area contributed by atoms with Gasteiger partial charge in [-0.25, -0.2) is 4.79 Å². The van der Waals surface area contributed by atoms with Gasteiger partial charge in [0.25, 0.3) is 0 Å². The molecule has 0 aromatic rings. The van der Waals surface area contributed by atoms with E-state index in [2.05, 4.69) is 5.32 Å². The number of carboxylic acid groups (broad SMARTS) is 1. The molecule has 17 heavy (non-hydrogen) atoms. The van der Waals surface area contributed by atoms with Gasteiger partial charge in [-0.15, -0.1) is 0 Å². The number of nitrogens with zero attached hydrogens (tertiary/aromatic N) is 1. The molecule has 3 N–H and O–H groups in total. The Hall–Kier alpha value is -1.30. The van der Waals surface area contributed by atoms with E-state index in [0.29, 0.717) is 6.42 Å². The van der Waals surface area contributed by atoms with Crippen molar-refractivity contribution >= 4 is 12.0 Å². The van der Waals surface area contributed by atoms with Crippen molar-refractivity contribution in [3.8, 4) is 0 Å². The molecule has 1 fully saturated rings. The van der Waals surface area contributed by atoms with Crippen LogP contribution in [0.2, 0.25) is 0 Å². The Bertz CT molecular complexity index is 283. The summed E-state index contributed by atoms with van der Waals surface area (Å²) in [5.74, 6) is -1.05. The molecule has 1 aliphatic rings. The Labute approximate surface area is 101 Å². The van der Waals surface area contributed by atoms with Crippen LogP contribution in [-0.4, -0.2) is 52.9 Å². The van der Waals surface area contributed by atoms with E-state index < -0.39 is 18.1 Å². The first-order valence-electron chi connectivity index (χ1n) is 5.92. The molecule has 0 saturated heterocycles. The maximum atomic E-state index is 11.6. The molecule has 6 heteroatoms. The van der Waals surface area contributed by atoms with E-state index in [1.54, 1.807) is 0 Å². The van der Waals surface area contributed by atoms with Crippen LogP contribution in [0.1, 0.15) is 32.1 Å². The average molecular weight is 244 g/mol. The number of aliphatic carboxylic acids is 1. The van der Waals surface area contributed by atoms with Gasteiger partial charge in [-0.2, -0.15) is 0 Å². The number of nitrogens with one attached hydrogen (secondary N) is 1. The molecule has 0 aromatic carbocycles. The number of likely N-dealkylation sites (N-methyl/N-ethyl adjacent to an activating group) is 1. The molecule has 0 spiro atoms. The lowest BCUT2D eigenvalue weighted by atomic mass is 10.1. The van der Waals surface area contributed by atoms with Crippen LogP contribution in [0.3, 0.4) is 0 Å². The molecule has 0 bridgehead atoms. The van der Waals surface area contributed by atoms with E-state index in [1.807, 2.05) is 0 Å². The Morgan fingerprint density at radius 2 is 1.94 bits per heavy atom. The molecule has 1 aliphatic carbocycles. The number of aliphatic hydroxyl groups is 1. The SMILES string of the molecule is CN(CC(=O)O)C(=O)NC1CCCCCC1O. The highest BCUT2D eigenvalue weighted by atomic mass is 16.4. The van der Waals surface area contributed by atoms with Crippen LogP contribution in [0.15, 0.2) is 0 Å². The van der Waals surface area contributed by atoms with Crippen LogP contribution in [0.25, 0.3) is 0 Å². The Morgan fingerprint density at radius 3 is 2.59 bits per heavy atom. The zero-order chi connectivity index (χ0) is 12.8. The van der Waals surface area contributed by atoms with E-state index in [9.17, 15) is 14.7 Å². The van der Waals surface area contributed by atoms with Gasteiger partial charge in [0.1, 0.15) is 6.54 Å². The second kappa shape index (κ2) is 6.44. The first-order chi connectivity index (χ1) is 8.00. The van der Waals surface area contributed by atoms with Gasteiger partial charge in [-0.1, -0.05) is 19.3 Å². The van der Waals surface area contributed by atoms with Crippen molar-refractivity contribution < 1.29 is 19.8 Å². The lowest BCUT2D eigenvalue weighted by Crippen LogP contribution is -2.48. The van der Waals surface area contributed by atoms with Gasteiger partial charge < -0.3 is 20.4 Å². The molecule has 98 valence electrons. The quantitative estimate of drug-likeness (QED) is 0.627. The zero-order valence-electron chi connectivity index (χ0n) is 10.1. The van der Waals surface area contributed by atoms with E-state index in [-0.39, 0.29) is 12.6 Å². The van der Waals surface area contributed by atoms with Gasteiger partial charge in [-0.05, 0) is 12.8 Å². The summed E-state index contributed by atoms with van der Waals surface area (Å²) in [4.78, 5) is 23.2. The number of rotatable bonds is 3. The normalized spacial score (nSPS) is 24.8. The van der Waals surface area contributed by atoms with Crippen molar-refractivity contribution in [1.29, 1.82) is 0 Å². The molecule has 1 rings (SSSR count). The molecule has 2 unspecified atom stereocenters. The van der Waals surface area contributed by atoms with Gasteiger partial charge in [-0.3, -0.25) is 4.79 Å². The summed E-state index contributed by atoms with van der Waals surface area (Å²) in [5, 5.41) is 21.1. The fourth-order valence-electron chi connectivity index (χ4n) is 2.00. The summed E-state index contributed by atoms with van der Waals surface area (Å²) in [6.45, 7) is -0.339. The van der Waals surface area contributed by atoms with Gasteiger partial charge >= 0.3 is 12.0 Å². The number of urea groups is 1. The average Bonchev–Trinajstić information content (AvgIpc) is 2.43. The van der Waals surface area contributed by atoms with E-state index >= 15 is 0 Å². The number of carbonyl (C=O) groups is 2. The number of carboxylic acids is 1. The minimum atomic E-state index is -1.05. The standard InChI is InChI=1S/C11H20N2O4/c1-13(7-10(15)16)11(17)12-8-5-3-2-4-6-9(8)14/h8-9,14H,2-7H2,1H3,(H,12,17)(H,15,16). The molecule has 0 aromatic heterocycles. The van der Waals surface area contributed by atoms with Crippen molar-refractivity contribution in [2.24, 2.45) is 0 Å². The minimum Gasteiger partial charge on any atom is -0.480 e. The number of hydrogen-bond acceptors (Lipinski definition) is 3. The monoisotopic (exact) mass is 244 g/mol. The Balaban J connectivity index is 2.45. The lowest BCUT2D eigenvalue weighted by Gasteiger charge is -2.24. The fraction of sp³-hybridized carbons (Fsp3) is 0.818. The van der Waals surface area contributed by atoms with Gasteiger partial charge in [0, 0.05) is 7.05 Å². The largest absolute Gasteiger partial charge is 0.480 e. The summed E-state index contributed by atoms with van der Waals surface area (Å²) in [5.41, 5.74) is 0. The highest BCUT2D eigenvalue weighted by Crippen LogP contribution is 2.18. The molecular formula is C11H20N2O4. The molecule has 2 atom stereocenters. The van der Waals surface area contributed by atoms with Crippen molar-refractivity contribution in [3.05, 3.63) is 0 Å². The van der Waals surface area contributed by atoms with Crippen LogP contribution in [0.4, 0.5) is 4.79 Å². The van der Waals surface area contributed by atoms with Crippen LogP contribution in [0.5, 0.6) is 0 Å². The summed E-state index contributed by atoms with van der Waals surface area (Å²) < 4.78 is 0. The van der Waals surface area contributed by atoms with Crippen molar-refractivity contribution in [2.45, 2.75) is 44.2 Å². The summed E-state index contributed by atoms with van der Waals surface area (Å²) in [7, 11) is 1.42. The molecule has 2 amide bonds. The van der Waals surface area contributed by atoms with Crippen LogP contribution >= 0.6 is 0 Å². The first kappa shape index (κ1) is 13.8. The molecule has 0 radical (unpaired) electrons. The van der Waals surface area contributed by atoms with Crippen molar-refractivity contribution in [3.63, 3.8) is 0 Å². The molecule has 1 saturated carbocycles. The third-order valence-electron chi connectivity index (χ3n) is 3.01. The van der Waals surface area contributed by atoms with E-state index in [0.717, 1.165) is 30.6 Å². The number of hydrogen-bond donors (Lipinski definition) is 3. The number of carbonyl (C=O) groups excluding carboxylic acids is 1. The smallest absolute Gasteiger partial charge is 0.323 e. The van der Waals surface area contributed by atoms with E-state index in [4.69, 9.17) is 5.11 Å². The molecule has 6 nitrogen and oxygen atoms in total. The highest BCUT2D eigenvalue weighted by Gasteiger charge is 2.24. The zero-order valence-corrected chi connectivity index (χ0v) is 10.1. The Kier molecular flexibility index (Phi) is 5.21. The Morgan fingerprint density at radius 1 is 1.29 bits per heavy atom. The molecule has 0 heterocycles. The predicted molar refractivity (Wildman–Crippen MR) is 61.7 cm³/mol. The van der Waals surface area contributed by atoms with Gasteiger partial charge in [0.15, 0.2) is 0 Å². The second-order valence-electron chi connectivity index (χ2n) is 4.51.